The number of nitrogens with one attached hydrogen (secondary N) is 1. The van der Waals surface area contributed by atoms with Crippen molar-refractivity contribution in [3.63, 3.8) is 0 Å². The van der Waals surface area contributed by atoms with E-state index < -0.39 is 12.0 Å². The van der Waals surface area contributed by atoms with E-state index in [1.54, 1.807) is 12.1 Å². The van der Waals surface area contributed by atoms with Crippen molar-refractivity contribution in [1.82, 2.24) is 14.9 Å². The molecule has 0 saturated heterocycles. The summed E-state index contributed by atoms with van der Waals surface area (Å²) in [6.45, 7) is 2.90. The third kappa shape index (κ3) is 3.13. The first-order chi connectivity index (χ1) is 10.0. The van der Waals surface area contributed by atoms with Crippen molar-refractivity contribution in [3.8, 4) is 0 Å². The number of hydrogen-bond acceptors (Lipinski definition) is 3. The summed E-state index contributed by atoms with van der Waals surface area (Å²) >= 11 is 0. The number of benzene rings is 1. The number of carboxylic acids is 1. The van der Waals surface area contributed by atoms with Gasteiger partial charge in [0.05, 0.1) is 11.1 Å². The number of carbonyl (C=O) groups is 2. The molecule has 0 spiro atoms. The molecule has 2 aromatic rings. The molecule has 0 atom stereocenters. The number of carboxylic acid groups (broad SMARTS) is 1. The number of aromatic nitrogens is 2. The van der Waals surface area contributed by atoms with Gasteiger partial charge in [-0.05, 0) is 18.6 Å². The van der Waals surface area contributed by atoms with Crippen LogP contribution in [0.4, 0.5) is 4.79 Å². The Balaban J connectivity index is 2.45. The van der Waals surface area contributed by atoms with Crippen LogP contribution >= 0.6 is 0 Å². The topological polar surface area (TPSA) is 110 Å². The maximum Gasteiger partial charge on any atom is 0.337 e. The Kier molecular flexibility index (Phi) is 4.42. The normalized spacial score (nSPS) is 10.7. The number of carbonyl (C=O) groups excluding carboxylic acids is 1. The van der Waals surface area contributed by atoms with Crippen LogP contribution in [0, 0.1) is 0 Å². The number of nitrogens with two attached hydrogens (primary N) is 1. The highest BCUT2D eigenvalue weighted by Gasteiger charge is 2.16. The summed E-state index contributed by atoms with van der Waals surface area (Å²) in [6.07, 6.45) is 1.64. The Bertz CT molecular complexity index is 678. The average Bonchev–Trinajstić information content (AvgIpc) is 2.76. The van der Waals surface area contributed by atoms with E-state index in [2.05, 4.69) is 10.3 Å². The minimum atomic E-state index is -0.997. The smallest absolute Gasteiger partial charge is 0.337 e. The van der Waals surface area contributed by atoms with E-state index in [9.17, 15) is 14.7 Å². The van der Waals surface area contributed by atoms with E-state index in [0.717, 1.165) is 24.2 Å². The lowest BCUT2D eigenvalue weighted by molar-refractivity contribution is 0.0699. The molecule has 0 saturated carbocycles. The van der Waals surface area contributed by atoms with Gasteiger partial charge in [-0.3, -0.25) is 0 Å². The molecular formula is C14H18N4O3. The molecule has 7 nitrogen and oxygen atoms in total. The van der Waals surface area contributed by atoms with Crippen LogP contribution in [-0.4, -0.2) is 33.2 Å². The van der Waals surface area contributed by atoms with Gasteiger partial charge >= 0.3 is 12.0 Å². The van der Waals surface area contributed by atoms with E-state index in [-0.39, 0.29) is 5.56 Å². The molecule has 0 radical (unpaired) electrons. The first kappa shape index (κ1) is 14.8. The Morgan fingerprint density at radius 3 is 2.81 bits per heavy atom. The summed E-state index contributed by atoms with van der Waals surface area (Å²) in [5.74, 6) is -0.184. The summed E-state index contributed by atoms with van der Waals surface area (Å²) in [5, 5.41) is 11.8. The summed E-state index contributed by atoms with van der Waals surface area (Å²) in [6, 6.07) is 4.49. The number of aromatic carboxylic acids is 1. The number of imidazole rings is 1. The number of rotatable bonds is 6. The minimum absolute atomic E-state index is 0.187. The van der Waals surface area contributed by atoms with Gasteiger partial charge in [0.15, 0.2) is 0 Å². The Morgan fingerprint density at radius 1 is 1.43 bits per heavy atom. The molecular weight excluding hydrogens is 272 g/mol. The summed E-state index contributed by atoms with van der Waals surface area (Å²) in [4.78, 5) is 26.5. The van der Waals surface area contributed by atoms with E-state index in [4.69, 9.17) is 5.73 Å². The lowest BCUT2D eigenvalue weighted by atomic mass is 10.2. The van der Waals surface area contributed by atoms with E-state index in [1.807, 2.05) is 17.6 Å². The molecule has 0 aliphatic carbocycles. The lowest BCUT2D eigenvalue weighted by Crippen LogP contribution is -2.32. The lowest BCUT2D eigenvalue weighted by Gasteiger charge is -2.09. The zero-order chi connectivity index (χ0) is 15.4. The second-order valence-electron chi connectivity index (χ2n) is 4.70. The zero-order valence-electron chi connectivity index (χ0n) is 11.8. The number of primary amides is 1. The minimum Gasteiger partial charge on any atom is -0.478 e. The van der Waals surface area contributed by atoms with Crippen LogP contribution < -0.4 is 11.1 Å². The maximum absolute atomic E-state index is 11.3. The molecule has 112 valence electrons. The SMILES string of the molecule is CCCc1nc2c(C(=O)O)cccc2n1CCNC(N)=O. The Hall–Kier alpha value is -2.57. The van der Waals surface area contributed by atoms with Crippen molar-refractivity contribution in [2.45, 2.75) is 26.3 Å². The third-order valence-electron chi connectivity index (χ3n) is 3.20. The molecule has 1 heterocycles. The second-order valence-corrected chi connectivity index (χ2v) is 4.70. The van der Waals surface area contributed by atoms with Crippen molar-refractivity contribution in [2.75, 3.05) is 6.54 Å². The predicted octanol–water partition coefficient (Wildman–Crippen LogP) is 1.36. The van der Waals surface area contributed by atoms with Gasteiger partial charge in [0, 0.05) is 19.5 Å². The number of urea groups is 1. The van der Waals surface area contributed by atoms with Crippen LogP contribution in [0.25, 0.3) is 11.0 Å². The van der Waals surface area contributed by atoms with Gasteiger partial charge < -0.3 is 20.7 Å². The summed E-state index contributed by atoms with van der Waals surface area (Å²) < 4.78 is 1.93. The van der Waals surface area contributed by atoms with E-state index in [0.29, 0.717) is 18.6 Å². The monoisotopic (exact) mass is 290 g/mol. The summed E-state index contributed by atoms with van der Waals surface area (Å²) in [7, 11) is 0. The first-order valence-electron chi connectivity index (χ1n) is 6.79. The number of amides is 2. The van der Waals surface area contributed by atoms with Crippen LogP contribution in [0.3, 0.4) is 0 Å². The van der Waals surface area contributed by atoms with Gasteiger partial charge in [0.1, 0.15) is 11.3 Å². The fourth-order valence-electron chi connectivity index (χ4n) is 2.32. The van der Waals surface area contributed by atoms with Crippen molar-refractivity contribution in [3.05, 3.63) is 29.6 Å². The van der Waals surface area contributed by atoms with Gasteiger partial charge in [0.25, 0.3) is 0 Å². The molecule has 2 amide bonds. The van der Waals surface area contributed by atoms with Crippen molar-refractivity contribution >= 4 is 23.0 Å². The number of nitrogens with zero attached hydrogens (tertiary/aromatic N) is 2. The van der Waals surface area contributed by atoms with E-state index >= 15 is 0 Å². The number of hydrogen-bond donors (Lipinski definition) is 3. The molecule has 0 aliphatic heterocycles. The van der Waals surface area contributed by atoms with Crippen LogP contribution in [0.5, 0.6) is 0 Å². The van der Waals surface area contributed by atoms with Crippen LogP contribution in [0.2, 0.25) is 0 Å². The molecule has 1 aromatic heterocycles. The number of fused-ring (bicyclic) bond motifs is 1. The highest BCUT2D eigenvalue weighted by atomic mass is 16.4. The highest BCUT2D eigenvalue weighted by molar-refractivity contribution is 6.01. The molecule has 4 N–H and O–H groups in total. The molecule has 0 bridgehead atoms. The molecule has 0 aliphatic rings. The molecule has 2 rings (SSSR count). The summed E-state index contributed by atoms with van der Waals surface area (Å²) in [5.41, 5.74) is 6.47. The third-order valence-corrected chi connectivity index (χ3v) is 3.20. The van der Waals surface area contributed by atoms with E-state index in [1.165, 1.54) is 0 Å². The van der Waals surface area contributed by atoms with Gasteiger partial charge in [-0.15, -0.1) is 0 Å². The van der Waals surface area contributed by atoms with Crippen molar-refractivity contribution in [2.24, 2.45) is 5.73 Å². The number of aryl methyl sites for hydroxylation is 1. The molecule has 0 fully saturated rings. The fraction of sp³-hybridized carbons (Fsp3) is 0.357. The Labute approximate surface area is 121 Å². The van der Waals surface area contributed by atoms with Gasteiger partial charge in [-0.2, -0.15) is 0 Å². The highest BCUT2D eigenvalue weighted by Crippen LogP contribution is 2.21. The quantitative estimate of drug-likeness (QED) is 0.745. The molecule has 0 unspecified atom stereocenters. The van der Waals surface area contributed by atoms with Gasteiger partial charge in [-0.1, -0.05) is 13.0 Å². The van der Waals surface area contributed by atoms with Gasteiger partial charge in [-0.25, -0.2) is 14.6 Å². The van der Waals surface area contributed by atoms with Crippen molar-refractivity contribution in [1.29, 1.82) is 0 Å². The first-order valence-corrected chi connectivity index (χ1v) is 6.79. The molecule has 21 heavy (non-hydrogen) atoms. The molecule has 1 aromatic carbocycles. The number of para-hydroxylation sites is 1. The second kappa shape index (κ2) is 6.25. The Morgan fingerprint density at radius 2 is 2.19 bits per heavy atom. The van der Waals surface area contributed by atoms with Gasteiger partial charge in [0.2, 0.25) is 0 Å². The van der Waals surface area contributed by atoms with Crippen LogP contribution in [0.1, 0.15) is 29.5 Å². The largest absolute Gasteiger partial charge is 0.478 e. The molecule has 7 heteroatoms. The fourth-order valence-corrected chi connectivity index (χ4v) is 2.32. The van der Waals surface area contributed by atoms with Crippen molar-refractivity contribution < 1.29 is 14.7 Å². The zero-order valence-corrected chi connectivity index (χ0v) is 11.8. The van der Waals surface area contributed by atoms with Crippen LogP contribution in [0.15, 0.2) is 18.2 Å². The maximum atomic E-state index is 11.3. The standard InChI is InChI=1S/C14H18N4O3/c1-2-4-11-17-12-9(13(19)20)5-3-6-10(12)18(11)8-7-16-14(15)21/h3,5-6H,2,4,7-8H2,1H3,(H,19,20)(H3,15,16,21). The predicted molar refractivity (Wildman–Crippen MR) is 78.3 cm³/mol. The average molecular weight is 290 g/mol. The van der Waals surface area contributed by atoms with Crippen LogP contribution in [-0.2, 0) is 13.0 Å².